The first-order valence-corrected chi connectivity index (χ1v) is 5.22. The summed E-state index contributed by atoms with van der Waals surface area (Å²) in [5, 5.41) is 6.02. The van der Waals surface area contributed by atoms with Crippen molar-refractivity contribution >= 4 is 5.91 Å². The number of halogens is 2. The van der Waals surface area contributed by atoms with Gasteiger partial charge in [0, 0.05) is 6.07 Å². The summed E-state index contributed by atoms with van der Waals surface area (Å²) < 4.78 is 31.4. The molecule has 18 heavy (non-hydrogen) atoms. The molecule has 1 aromatic heterocycles. The highest BCUT2D eigenvalue weighted by molar-refractivity contribution is 5.94. The summed E-state index contributed by atoms with van der Waals surface area (Å²) >= 11 is 0. The molecule has 0 radical (unpaired) electrons. The third-order valence-electron chi connectivity index (χ3n) is 2.30. The Bertz CT molecular complexity index is 561. The molecule has 0 aliphatic carbocycles. The Morgan fingerprint density at radius 1 is 1.39 bits per heavy atom. The van der Waals surface area contributed by atoms with Crippen LogP contribution >= 0.6 is 0 Å². The molecule has 2 aromatic rings. The third kappa shape index (κ3) is 2.53. The van der Waals surface area contributed by atoms with Crippen molar-refractivity contribution in [2.24, 2.45) is 0 Å². The Morgan fingerprint density at radius 3 is 2.61 bits per heavy atom. The molecule has 4 nitrogen and oxygen atoms in total. The fraction of sp³-hybridized carbons (Fsp3) is 0.167. The van der Waals surface area contributed by atoms with Gasteiger partial charge in [0.2, 0.25) is 0 Å². The van der Waals surface area contributed by atoms with E-state index in [0.717, 1.165) is 12.1 Å². The van der Waals surface area contributed by atoms with Crippen LogP contribution in [-0.4, -0.2) is 11.1 Å². The third-order valence-corrected chi connectivity index (χ3v) is 2.30. The van der Waals surface area contributed by atoms with Gasteiger partial charge in [-0.3, -0.25) is 4.79 Å². The van der Waals surface area contributed by atoms with Gasteiger partial charge in [-0.2, -0.15) is 0 Å². The number of aromatic nitrogens is 1. The van der Waals surface area contributed by atoms with Crippen LogP contribution in [0, 0.1) is 18.6 Å². The molecule has 0 bridgehead atoms. The standard InChI is InChI=1S/C12H10F2N2O2/c1-7-5-8(16-18-7)6-15-12(17)11-9(13)3-2-4-10(11)14/h2-5H,6H2,1H3,(H,15,17). The Hall–Kier alpha value is -2.24. The van der Waals surface area contributed by atoms with Gasteiger partial charge in [0.25, 0.3) is 5.91 Å². The average molecular weight is 252 g/mol. The summed E-state index contributed by atoms with van der Waals surface area (Å²) in [6.07, 6.45) is 0. The number of amides is 1. The Balaban J connectivity index is 2.08. The first kappa shape index (κ1) is 12.2. The summed E-state index contributed by atoms with van der Waals surface area (Å²) in [5.41, 5.74) is -0.115. The largest absolute Gasteiger partial charge is 0.361 e. The lowest BCUT2D eigenvalue weighted by Crippen LogP contribution is -2.25. The molecule has 0 aliphatic heterocycles. The topological polar surface area (TPSA) is 55.1 Å². The smallest absolute Gasteiger partial charge is 0.257 e. The molecule has 2 rings (SSSR count). The second kappa shape index (κ2) is 4.95. The van der Waals surface area contributed by atoms with Crippen LogP contribution in [0.15, 0.2) is 28.8 Å². The lowest BCUT2D eigenvalue weighted by atomic mass is 10.2. The van der Waals surface area contributed by atoms with Crippen LogP contribution < -0.4 is 5.32 Å². The van der Waals surface area contributed by atoms with E-state index in [-0.39, 0.29) is 6.54 Å². The van der Waals surface area contributed by atoms with Crippen LogP contribution in [0.25, 0.3) is 0 Å². The van der Waals surface area contributed by atoms with Gasteiger partial charge in [0.15, 0.2) is 0 Å². The minimum Gasteiger partial charge on any atom is -0.361 e. The number of carbonyl (C=O) groups excluding carboxylic acids is 1. The highest BCUT2D eigenvalue weighted by atomic mass is 19.1. The number of nitrogens with one attached hydrogen (secondary N) is 1. The van der Waals surface area contributed by atoms with Gasteiger partial charge in [0.1, 0.15) is 28.7 Å². The van der Waals surface area contributed by atoms with Gasteiger partial charge in [-0.25, -0.2) is 8.78 Å². The van der Waals surface area contributed by atoms with Crippen molar-refractivity contribution in [3.63, 3.8) is 0 Å². The predicted molar refractivity (Wildman–Crippen MR) is 58.8 cm³/mol. The van der Waals surface area contributed by atoms with Crippen molar-refractivity contribution in [1.29, 1.82) is 0 Å². The molecule has 0 unspecified atom stereocenters. The molecule has 1 N–H and O–H groups in total. The minimum absolute atomic E-state index is 0.0456. The van der Waals surface area contributed by atoms with Gasteiger partial charge in [-0.1, -0.05) is 11.2 Å². The zero-order valence-corrected chi connectivity index (χ0v) is 9.54. The highest BCUT2D eigenvalue weighted by Crippen LogP contribution is 2.12. The van der Waals surface area contributed by atoms with Gasteiger partial charge in [0.05, 0.1) is 6.54 Å². The number of hydrogen-bond donors (Lipinski definition) is 1. The number of rotatable bonds is 3. The number of carbonyl (C=O) groups is 1. The Morgan fingerprint density at radius 2 is 2.06 bits per heavy atom. The van der Waals surface area contributed by atoms with E-state index in [1.165, 1.54) is 6.07 Å². The van der Waals surface area contributed by atoms with Gasteiger partial charge >= 0.3 is 0 Å². The molecule has 0 saturated heterocycles. The second-order valence-corrected chi connectivity index (χ2v) is 3.71. The summed E-state index contributed by atoms with van der Waals surface area (Å²) in [6.45, 7) is 1.75. The Kier molecular flexibility index (Phi) is 3.36. The van der Waals surface area contributed by atoms with Crippen LogP contribution in [0.1, 0.15) is 21.8 Å². The second-order valence-electron chi connectivity index (χ2n) is 3.71. The molecule has 0 spiro atoms. The summed E-state index contributed by atoms with van der Waals surface area (Å²) in [6, 6.07) is 4.87. The maximum atomic E-state index is 13.3. The molecule has 1 amide bonds. The number of benzene rings is 1. The van der Waals surface area contributed by atoms with E-state index in [1.54, 1.807) is 13.0 Å². The van der Waals surface area contributed by atoms with Crippen molar-refractivity contribution in [3.8, 4) is 0 Å². The van der Waals surface area contributed by atoms with Crippen molar-refractivity contribution in [2.45, 2.75) is 13.5 Å². The van der Waals surface area contributed by atoms with Crippen molar-refractivity contribution in [1.82, 2.24) is 10.5 Å². The highest BCUT2D eigenvalue weighted by Gasteiger charge is 2.16. The molecule has 0 aliphatic rings. The molecule has 1 heterocycles. The fourth-order valence-electron chi connectivity index (χ4n) is 1.48. The SMILES string of the molecule is Cc1cc(CNC(=O)c2c(F)cccc2F)no1. The van der Waals surface area contributed by atoms with Gasteiger partial charge < -0.3 is 9.84 Å². The Labute approximate surface area is 102 Å². The normalized spacial score (nSPS) is 10.4. The van der Waals surface area contributed by atoms with Gasteiger partial charge in [-0.15, -0.1) is 0 Å². The van der Waals surface area contributed by atoms with E-state index in [9.17, 15) is 13.6 Å². The molecule has 1 aromatic carbocycles. The van der Waals surface area contributed by atoms with Crippen LogP contribution in [0.5, 0.6) is 0 Å². The molecule has 0 fully saturated rings. The number of nitrogens with zero attached hydrogens (tertiary/aromatic N) is 1. The zero-order chi connectivity index (χ0) is 13.1. The van der Waals surface area contributed by atoms with Crippen LogP contribution in [-0.2, 0) is 6.54 Å². The number of hydrogen-bond acceptors (Lipinski definition) is 3. The van der Waals surface area contributed by atoms with Gasteiger partial charge in [-0.05, 0) is 19.1 Å². The maximum absolute atomic E-state index is 13.3. The molecular weight excluding hydrogens is 242 g/mol. The van der Waals surface area contributed by atoms with Crippen molar-refractivity contribution < 1.29 is 18.1 Å². The summed E-state index contributed by atoms with van der Waals surface area (Å²) in [5.74, 6) is -2.03. The van der Waals surface area contributed by atoms with Crippen molar-refractivity contribution in [2.75, 3.05) is 0 Å². The van der Waals surface area contributed by atoms with E-state index in [2.05, 4.69) is 10.5 Å². The minimum atomic E-state index is -0.899. The molecule has 6 heteroatoms. The van der Waals surface area contributed by atoms with E-state index < -0.39 is 23.1 Å². The van der Waals surface area contributed by atoms with Crippen LogP contribution in [0.2, 0.25) is 0 Å². The average Bonchev–Trinajstić information content (AvgIpc) is 2.72. The molecule has 0 saturated carbocycles. The monoisotopic (exact) mass is 252 g/mol. The summed E-state index contributed by atoms with van der Waals surface area (Å²) in [4.78, 5) is 11.6. The molecule has 0 atom stereocenters. The lowest BCUT2D eigenvalue weighted by molar-refractivity contribution is 0.0941. The van der Waals surface area contributed by atoms with E-state index in [1.807, 2.05) is 0 Å². The first-order valence-electron chi connectivity index (χ1n) is 5.22. The van der Waals surface area contributed by atoms with E-state index in [0.29, 0.717) is 11.5 Å². The van der Waals surface area contributed by atoms with Crippen LogP contribution in [0.4, 0.5) is 8.78 Å². The fourth-order valence-corrected chi connectivity index (χ4v) is 1.48. The first-order chi connectivity index (χ1) is 8.58. The van der Waals surface area contributed by atoms with Crippen molar-refractivity contribution in [3.05, 3.63) is 52.9 Å². The molecular formula is C12H10F2N2O2. The summed E-state index contributed by atoms with van der Waals surface area (Å²) in [7, 11) is 0. The van der Waals surface area contributed by atoms with E-state index >= 15 is 0 Å². The van der Waals surface area contributed by atoms with Crippen LogP contribution in [0.3, 0.4) is 0 Å². The molecule has 94 valence electrons. The van der Waals surface area contributed by atoms with E-state index in [4.69, 9.17) is 4.52 Å². The quantitative estimate of drug-likeness (QED) is 0.911. The lowest BCUT2D eigenvalue weighted by Gasteiger charge is -2.05. The number of aryl methyl sites for hydroxylation is 1. The maximum Gasteiger partial charge on any atom is 0.257 e. The predicted octanol–water partition coefficient (Wildman–Crippen LogP) is 2.19. The zero-order valence-electron chi connectivity index (χ0n) is 9.54.